The van der Waals surface area contributed by atoms with Crippen LogP contribution in [0.5, 0.6) is 0 Å². The van der Waals surface area contributed by atoms with Crippen LogP contribution >= 0.6 is 23.1 Å². The predicted molar refractivity (Wildman–Crippen MR) is 153 cm³/mol. The molecule has 4 rings (SSSR count). The monoisotopic (exact) mass is 586 g/mol. The number of aromatic nitrogens is 2. The Bertz CT molecular complexity index is 1400. The van der Waals surface area contributed by atoms with E-state index in [1.807, 2.05) is 36.4 Å². The first-order valence-electron chi connectivity index (χ1n) is 12.6. The number of Topliss-reactive ketones (excluding diaryl/α,β-unsaturated/α-hetero) is 1. The highest BCUT2D eigenvalue weighted by atomic mass is 32.2. The van der Waals surface area contributed by atoms with E-state index in [4.69, 9.17) is 4.74 Å². The summed E-state index contributed by atoms with van der Waals surface area (Å²) in [6, 6.07) is 16.1. The number of rotatable bonds is 12. The van der Waals surface area contributed by atoms with Crippen LogP contribution in [0.3, 0.4) is 0 Å². The van der Waals surface area contributed by atoms with Crippen LogP contribution in [0.4, 0.5) is 5.13 Å². The molecule has 0 saturated carbocycles. The van der Waals surface area contributed by atoms with E-state index in [2.05, 4.69) is 21.6 Å². The van der Waals surface area contributed by atoms with Crippen molar-refractivity contribution in [2.45, 2.75) is 29.0 Å². The van der Waals surface area contributed by atoms with Crippen molar-refractivity contribution >= 4 is 56.1 Å². The minimum absolute atomic E-state index is 0.0400. The molecule has 12 heteroatoms. The first kappa shape index (κ1) is 28.9. The minimum atomic E-state index is -3.79. The van der Waals surface area contributed by atoms with Crippen molar-refractivity contribution in [3.63, 3.8) is 0 Å². The van der Waals surface area contributed by atoms with Crippen LogP contribution in [0.1, 0.15) is 35.7 Å². The highest BCUT2D eigenvalue weighted by Gasteiger charge is 2.33. The quantitative estimate of drug-likeness (QED) is 0.184. The highest BCUT2D eigenvalue weighted by molar-refractivity contribution is 8.01. The van der Waals surface area contributed by atoms with Crippen LogP contribution in [0.15, 0.2) is 69.9 Å². The molecule has 0 spiro atoms. The molecule has 9 nitrogen and oxygen atoms in total. The summed E-state index contributed by atoms with van der Waals surface area (Å²) in [6.07, 6.45) is 4.92. The molecule has 0 radical (unpaired) electrons. The summed E-state index contributed by atoms with van der Waals surface area (Å²) < 4.78 is 33.6. The molecule has 3 aromatic rings. The Kier molecular flexibility index (Phi) is 10.3. The summed E-state index contributed by atoms with van der Waals surface area (Å²) in [7, 11) is -3.79. The van der Waals surface area contributed by atoms with Crippen LogP contribution in [0, 0.1) is 5.92 Å². The third kappa shape index (κ3) is 7.98. The summed E-state index contributed by atoms with van der Waals surface area (Å²) in [5.41, 5.74) is 1.42. The molecular weight excluding hydrogens is 557 g/mol. The zero-order valence-electron chi connectivity index (χ0n) is 21.5. The number of carbonyl (C=O) groups is 2. The van der Waals surface area contributed by atoms with Crippen molar-refractivity contribution in [1.29, 1.82) is 0 Å². The van der Waals surface area contributed by atoms with Crippen molar-refractivity contribution in [2.75, 3.05) is 37.3 Å². The first-order chi connectivity index (χ1) is 18.9. The number of esters is 1. The van der Waals surface area contributed by atoms with Gasteiger partial charge in [0.15, 0.2) is 10.1 Å². The van der Waals surface area contributed by atoms with E-state index in [1.165, 1.54) is 27.8 Å². The Morgan fingerprint density at radius 2 is 1.90 bits per heavy atom. The van der Waals surface area contributed by atoms with Gasteiger partial charge in [-0.25, -0.2) is 8.42 Å². The number of sulfonamides is 1. The van der Waals surface area contributed by atoms with Crippen molar-refractivity contribution in [3.05, 3.63) is 71.8 Å². The van der Waals surface area contributed by atoms with E-state index >= 15 is 0 Å². The van der Waals surface area contributed by atoms with Gasteiger partial charge in [0.1, 0.15) is 0 Å². The second-order valence-electron chi connectivity index (χ2n) is 8.73. The van der Waals surface area contributed by atoms with E-state index in [0.717, 1.165) is 15.7 Å². The molecule has 2 heterocycles. The minimum Gasteiger partial charge on any atom is -0.466 e. The molecule has 1 N–H and O–H groups in total. The van der Waals surface area contributed by atoms with Gasteiger partial charge in [-0.2, -0.15) is 4.31 Å². The summed E-state index contributed by atoms with van der Waals surface area (Å²) in [6.45, 7) is 2.47. The third-order valence-corrected chi connectivity index (χ3v) is 9.95. The molecule has 0 atom stereocenters. The number of hydrogen-bond donors (Lipinski definition) is 1. The largest absolute Gasteiger partial charge is 0.466 e. The van der Waals surface area contributed by atoms with E-state index in [-0.39, 0.29) is 47.8 Å². The molecule has 0 bridgehead atoms. The Morgan fingerprint density at radius 1 is 1.13 bits per heavy atom. The van der Waals surface area contributed by atoms with Crippen molar-refractivity contribution in [1.82, 2.24) is 14.5 Å². The van der Waals surface area contributed by atoms with E-state index in [9.17, 15) is 18.0 Å². The number of hydrogen-bond acceptors (Lipinski definition) is 10. The van der Waals surface area contributed by atoms with Gasteiger partial charge in [-0.3, -0.25) is 9.59 Å². The maximum absolute atomic E-state index is 13.2. The summed E-state index contributed by atoms with van der Waals surface area (Å²) in [4.78, 5) is 24.9. The lowest BCUT2D eigenvalue weighted by Crippen LogP contribution is -2.40. The SMILES string of the molecule is CCOC(=O)C1CCN(S(=O)(=O)c2cccc(C(=O)CNc3nnc(SC/C=C/c4ccccc4)s3)c2)CC1. The fourth-order valence-electron chi connectivity index (χ4n) is 4.04. The molecule has 206 valence electrons. The molecule has 0 aliphatic carbocycles. The molecular formula is C27H30N4O5S3. The van der Waals surface area contributed by atoms with E-state index < -0.39 is 10.0 Å². The van der Waals surface area contributed by atoms with Gasteiger partial charge in [0.05, 0.1) is 24.0 Å². The fraction of sp³-hybridized carbons (Fsp3) is 0.333. The van der Waals surface area contributed by atoms with Gasteiger partial charge in [0, 0.05) is 24.4 Å². The first-order valence-corrected chi connectivity index (χ1v) is 15.8. The van der Waals surface area contributed by atoms with Crippen LogP contribution in [-0.4, -0.2) is 66.7 Å². The third-order valence-electron chi connectivity index (χ3n) is 6.09. The fourth-order valence-corrected chi connectivity index (χ4v) is 7.14. The second kappa shape index (κ2) is 13.8. The van der Waals surface area contributed by atoms with Crippen LogP contribution < -0.4 is 5.32 Å². The molecule has 0 amide bonds. The number of benzene rings is 2. The predicted octanol–water partition coefficient (Wildman–Crippen LogP) is 4.60. The Morgan fingerprint density at radius 3 is 2.64 bits per heavy atom. The Balaban J connectivity index is 1.28. The normalized spacial score (nSPS) is 14.9. The number of nitrogens with zero attached hydrogens (tertiary/aromatic N) is 3. The van der Waals surface area contributed by atoms with Crippen LogP contribution in [0.2, 0.25) is 0 Å². The average molecular weight is 587 g/mol. The lowest BCUT2D eigenvalue weighted by molar-refractivity contribution is -0.149. The lowest BCUT2D eigenvalue weighted by Gasteiger charge is -2.30. The standard InChI is InChI=1S/C27H30N4O5S3/c1-2-36-25(33)21-13-15-31(16-14-21)39(34,35)23-12-6-11-22(18-23)24(32)19-28-26-29-30-27(38-26)37-17-7-10-20-8-4-3-5-9-20/h3-12,18,21H,2,13-17,19H2,1H3,(H,28,29)/b10-7+. The number of nitrogens with one attached hydrogen (secondary N) is 1. The Labute approximate surface area is 236 Å². The van der Waals surface area contributed by atoms with E-state index in [1.54, 1.807) is 30.8 Å². The highest BCUT2D eigenvalue weighted by Crippen LogP contribution is 2.27. The molecule has 39 heavy (non-hydrogen) atoms. The molecule has 1 fully saturated rings. The van der Waals surface area contributed by atoms with Gasteiger partial charge in [0.25, 0.3) is 0 Å². The lowest BCUT2D eigenvalue weighted by atomic mass is 9.98. The van der Waals surface area contributed by atoms with Gasteiger partial charge in [0.2, 0.25) is 15.2 Å². The maximum atomic E-state index is 13.2. The van der Waals surface area contributed by atoms with Gasteiger partial charge in [-0.1, -0.05) is 77.7 Å². The number of piperidine rings is 1. The smallest absolute Gasteiger partial charge is 0.309 e. The van der Waals surface area contributed by atoms with Gasteiger partial charge in [-0.15, -0.1) is 10.2 Å². The number of carbonyl (C=O) groups excluding carboxylic acids is 2. The molecule has 2 aromatic carbocycles. The topological polar surface area (TPSA) is 119 Å². The molecule has 1 aromatic heterocycles. The summed E-state index contributed by atoms with van der Waals surface area (Å²) in [5.74, 6) is -0.0936. The van der Waals surface area contributed by atoms with Crippen LogP contribution in [0.25, 0.3) is 6.08 Å². The van der Waals surface area contributed by atoms with Gasteiger partial charge < -0.3 is 10.1 Å². The summed E-state index contributed by atoms with van der Waals surface area (Å²) >= 11 is 2.91. The number of thioether (sulfide) groups is 1. The zero-order valence-corrected chi connectivity index (χ0v) is 23.9. The maximum Gasteiger partial charge on any atom is 0.309 e. The van der Waals surface area contributed by atoms with Crippen molar-refractivity contribution in [2.24, 2.45) is 5.92 Å². The Hall–Kier alpha value is -3.06. The number of ketones is 1. The van der Waals surface area contributed by atoms with Crippen LogP contribution in [-0.2, 0) is 19.6 Å². The average Bonchev–Trinajstić information content (AvgIpc) is 3.42. The van der Waals surface area contributed by atoms with Crippen molar-refractivity contribution in [3.8, 4) is 0 Å². The molecule has 1 saturated heterocycles. The zero-order chi connectivity index (χ0) is 27.7. The molecule has 0 unspecified atom stereocenters. The molecule has 1 aliphatic rings. The van der Waals surface area contributed by atoms with E-state index in [0.29, 0.717) is 24.6 Å². The molecule has 1 aliphatic heterocycles. The number of anilines is 1. The number of ether oxygens (including phenoxy) is 1. The second-order valence-corrected chi connectivity index (χ2v) is 12.9. The van der Waals surface area contributed by atoms with Gasteiger partial charge in [-0.05, 0) is 37.5 Å². The van der Waals surface area contributed by atoms with Gasteiger partial charge >= 0.3 is 5.97 Å². The van der Waals surface area contributed by atoms with Crippen molar-refractivity contribution < 1.29 is 22.7 Å². The summed E-state index contributed by atoms with van der Waals surface area (Å²) in [5, 5.41) is 11.7.